The van der Waals surface area contributed by atoms with Gasteiger partial charge in [-0.25, -0.2) is 4.79 Å². The Morgan fingerprint density at radius 1 is 1.24 bits per heavy atom. The van der Waals surface area contributed by atoms with E-state index < -0.39 is 17.1 Å². The van der Waals surface area contributed by atoms with Crippen molar-refractivity contribution in [3.8, 4) is 0 Å². The number of rotatable bonds is 5. The first-order valence-corrected chi connectivity index (χ1v) is 10.6. The number of imide groups is 1. The molecule has 4 amide bonds. The molecule has 0 atom stereocenters. The Kier molecular flexibility index (Phi) is 5.08. The number of hydrogen-bond donors (Lipinski definition) is 2. The van der Waals surface area contributed by atoms with Gasteiger partial charge < -0.3 is 15.2 Å². The summed E-state index contributed by atoms with van der Waals surface area (Å²) < 4.78 is 5.10. The molecule has 9 heteroatoms. The van der Waals surface area contributed by atoms with Crippen LogP contribution in [-0.4, -0.2) is 45.0 Å². The Hall–Kier alpha value is -2.45. The number of nitrogens with zero attached hydrogens (tertiary/aromatic N) is 3. The number of carbonyl (C=O) groups is 3. The van der Waals surface area contributed by atoms with Gasteiger partial charge in [0.2, 0.25) is 11.8 Å². The molecule has 2 saturated carbocycles. The summed E-state index contributed by atoms with van der Waals surface area (Å²) >= 11 is 0. The monoisotopic (exact) mass is 403 g/mol. The molecule has 1 spiro atoms. The van der Waals surface area contributed by atoms with Crippen LogP contribution in [0.5, 0.6) is 0 Å². The van der Waals surface area contributed by atoms with E-state index in [1.54, 1.807) is 6.92 Å². The summed E-state index contributed by atoms with van der Waals surface area (Å²) in [4.78, 5) is 43.7. The van der Waals surface area contributed by atoms with Gasteiger partial charge in [0.05, 0.1) is 0 Å². The Balaban J connectivity index is 1.44. The standard InChI is InChI=1S/C20H29N5O4/c1-3-14-6-10-20(11-7-14)17(27)25(18(28)23-20)12-15(26)22-19(8-4-5-9-19)16-21-13(2)29-24-16/h14H,3-12H2,1-2H3,(H,22,26)(H,23,28). The minimum atomic E-state index is -0.834. The first kappa shape index (κ1) is 19.8. The molecule has 29 heavy (non-hydrogen) atoms. The highest BCUT2D eigenvalue weighted by molar-refractivity contribution is 6.09. The van der Waals surface area contributed by atoms with Gasteiger partial charge in [-0.1, -0.05) is 31.3 Å². The number of carbonyl (C=O) groups excluding carboxylic acids is 3. The van der Waals surface area contributed by atoms with Crippen molar-refractivity contribution in [1.82, 2.24) is 25.7 Å². The van der Waals surface area contributed by atoms with Gasteiger partial charge in [-0.05, 0) is 44.4 Å². The number of amides is 4. The van der Waals surface area contributed by atoms with Crippen molar-refractivity contribution < 1.29 is 18.9 Å². The van der Waals surface area contributed by atoms with Crippen LogP contribution in [0.2, 0.25) is 0 Å². The van der Waals surface area contributed by atoms with Crippen LogP contribution in [0.15, 0.2) is 4.52 Å². The summed E-state index contributed by atoms with van der Waals surface area (Å²) in [6.07, 6.45) is 7.51. The van der Waals surface area contributed by atoms with Crippen LogP contribution in [0, 0.1) is 12.8 Å². The molecular weight excluding hydrogens is 374 g/mol. The van der Waals surface area contributed by atoms with Crippen LogP contribution in [0.4, 0.5) is 4.79 Å². The fourth-order valence-electron chi connectivity index (χ4n) is 5.06. The van der Waals surface area contributed by atoms with E-state index in [2.05, 4.69) is 27.7 Å². The van der Waals surface area contributed by atoms with Crippen LogP contribution >= 0.6 is 0 Å². The molecule has 3 aliphatic rings. The third kappa shape index (κ3) is 3.51. The van der Waals surface area contributed by atoms with E-state index in [4.69, 9.17) is 4.52 Å². The average Bonchev–Trinajstić information content (AvgIpc) is 3.40. The van der Waals surface area contributed by atoms with E-state index >= 15 is 0 Å². The fraction of sp³-hybridized carbons (Fsp3) is 0.750. The molecule has 158 valence electrons. The van der Waals surface area contributed by atoms with E-state index in [0.29, 0.717) is 43.3 Å². The second-order valence-corrected chi connectivity index (χ2v) is 8.73. The highest BCUT2D eigenvalue weighted by Gasteiger charge is 2.53. The number of aromatic nitrogens is 2. The van der Waals surface area contributed by atoms with E-state index in [1.807, 2.05) is 0 Å². The zero-order chi connectivity index (χ0) is 20.6. The molecule has 1 aromatic heterocycles. The quantitative estimate of drug-likeness (QED) is 0.728. The summed E-state index contributed by atoms with van der Waals surface area (Å²) in [5.41, 5.74) is -1.52. The maximum absolute atomic E-state index is 13.0. The van der Waals surface area contributed by atoms with Crippen LogP contribution in [0.3, 0.4) is 0 Å². The normalized spacial score (nSPS) is 28.8. The van der Waals surface area contributed by atoms with Gasteiger partial charge in [-0.15, -0.1) is 0 Å². The number of urea groups is 1. The molecular formula is C20H29N5O4. The highest BCUT2D eigenvalue weighted by atomic mass is 16.5. The molecule has 0 unspecified atom stereocenters. The zero-order valence-corrected chi connectivity index (χ0v) is 17.1. The molecule has 9 nitrogen and oxygen atoms in total. The Morgan fingerprint density at radius 3 is 2.52 bits per heavy atom. The predicted molar refractivity (Wildman–Crippen MR) is 103 cm³/mol. The molecule has 2 heterocycles. The lowest BCUT2D eigenvalue weighted by atomic mass is 9.75. The van der Waals surface area contributed by atoms with Gasteiger partial charge in [-0.2, -0.15) is 4.98 Å². The summed E-state index contributed by atoms with van der Waals surface area (Å²) in [5.74, 6) is 0.857. The lowest BCUT2D eigenvalue weighted by Gasteiger charge is -2.34. The molecule has 0 aromatic carbocycles. The summed E-state index contributed by atoms with van der Waals surface area (Å²) in [6.45, 7) is 3.57. The predicted octanol–water partition coefficient (Wildman–Crippen LogP) is 2.15. The topological polar surface area (TPSA) is 117 Å². The molecule has 4 rings (SSSR count). The van der Waals surface area contributed by atoms with E-state index in [0.717, 1.165) is 37.0 Å². The smallest absolute Gasteiger partial charge is 0.325 e. The molecule has 1 aromatic rings. The van der Waals surface area contributed by atoms with Crippen molar-refractivity contribution in [3.63, 3.8) is 0 Å². The molecule has 0 radical (unpaired) electrons. The van der Waals surface area contributed by atoms with Gasteiger partial charge in [0.1, 0.15) is 17.6 Å². The minimum absolute atomic E-state index is 0.275. The second kappa shape index (κ2) is 7.42. The Morgan fingerprint density at radius 2 is 1.93 bits per heavy atom. The summed E-state index contributed by atoms with van der Waals surface area (Å²) in [6, 6.07) is -0.476. The molecule has 0 bridgehead atoms. The van der Waals surface area contributed by atoms with Crippen molar-refractivity contribution in [2.24, 2.45) is 5.92 Å². The van der Waals surface area contributed by atoms with Crippen LogP contribution in [0.1, 0.15) is 76.4 Å². The number of aryl methyl sites for hydroxylation is 1. The third-order valence-electron chi connectivity index (χ3n) is 6.88. The number of hydrogen-bond acceptors (Lipinski definition) is 6. The maximum Gasteiger partial charge on any atom is 0.325 e. The first-order valence-electron chi connectivity index (χ1n) is 10.6. The van der Waals surface area contributed by atoms with Crippen LogP contribution < -0.4 is 10.6 Å². The first-order chi connectivity index (χ1) is 13.9. The molecule has 1 saturated heterocycles. The Labute approximate surface area is 170 Å². The molecule has 2 aliphatic carbocycles. The van der Waals surface area contributed by atoms with Crippen molar-refractivity contribution in [2.45, 2.75) is 82.7 Å². The van der Waals surface area contributed by atoms with Gasteiger partial charge in [-0.3, -0.25) is 14.5 Å². The van der Waals surface area contributed by atoms with Crippen LogP contribution in [-0.2, 0) is 15.1 Å². The second-order valence-electron chi connectivity index (χ2n) is 8.73. The Bertz CT molecular complexity index is 806. The van der Waals surface area contributed by atoms with E-state index in [-0.39, 0.29) is 18.4 Å². The summed E-state index contributed by atoms with van der Waals surface area (Å²) in [5, 5.41) is 9.88. The lowest BCUT2D eigenvalue weighted by Crippen LogP contribution is -2.51. The van der Waals surface area contributed by atoms with Crippen molar-refractivity contribution in [2.75, 3.05) is 6.54 Å². The van der Waals surface area contributed by atoms with E-state index in [9.17, 15) is 14.4 Å². The van der Waals surface area contributed by atoms with Crippen molar-refractivity contribution in [3.05, 3.63) is 11.7 Å². The van der Waals surface area contributed by atoms with Crippen molar-refractivity contribution in [1.29, 1.82) is 0 Å². The molecule has 2 N–H and O–H groups in total. The van der Waals surface area contributed by atoms with Gasteiger partial charge >= 0.3 is 6.03 Å². The highest BCUT2D eigenvalue weighted by Crippen LogP contribution is 2.39. The fourth-order valence-corrected chi connectivity index (χ4v) is 5.06. The minimum Gasteiger partial charge on any atom is -0.342 e. The molecule has 1 aliphatic heterocycles. The lowest BCUT2D eigenvalue weighted by molar-refractivity contribution is -0.136. The van der Waals surface area contributed by atoms with Gasteiger partial charge in [0, 0.05) is 6.92 Å². The summed E-state index contributed by atoms with van der Waals surface area (Å²) in [7, 11) is 0. The SMILES string of the molecule is CCC1CCC2(CC1)NC(=O)N(CC(=O)NC1(c3noc(C)n3)CCCC1)C2=O. The van der Waals surface area contributed by atoms with Crippen LogP contribution in [0.25, 0.3) is 0 Å². The van der Waals surface area contributed by atoms with Gasteiger partial charge in [0.15, 0.2) is 5.82 Å². The maximum atomic E-state index is 13.0. The largest absolute Gasteiger partial charge is 0.342 e. The molecule has 3 fully saturated rings. The van der Waals surface area contributed by atoms with Crippen molar-refractivity contribution >= 4 is 17.8 Å². The van der Waals surface area contributed by atoms with Gasteiger partial charge in [0.25, 0.3) is 5.91 Å². The number of nitrogens with one attached hydrogen (secondary N) is 2. The zero-order valence-electron chi connectivity index (χ0n) is 17.1. The average molecular weight is 403 g/mol. The van der Waals surface area contributed by atoms with E-state index in [1.165, 1.54) is 0 Å². The third-order valence-corrected chi connectivity index (χ3v) is 6.88.